The fourth-order valence-electron chi connectivity index (χ4n) is 1.54. The van der Waals surface area contributed by atoms with E-state index in [9.17, 15) is 0 Å². The van der Waals surface area contributed by atoms with Gasteiger partial charge in [-0.2, -0.15) is 0 Å². The van der Waals surface area contributed by atoms with Crippen molar-refractivity contribution in [2.75, 3.05) is 6.61 Å². The van der Waals surface area contributed by atoms with Gasteiger partial charge in [-0.3, -0.25) is 0 Å². The van der Waals surface area contributed by atoms with Crippen molar-refractivity contribution in [3.8, 4) is 0 Å². The van der Waals surface area contributed by atoms with Gasteiger partial charge in [0, 0.05) is 12.1 Å². The van der Waals surface area contributed by atoms with Crippen LogP contribution >= 0.6 is 0 Å². The van der Waals surface area contributed by atoms with E-state index < -0.39 is 0 Å². The molecule has 0 saturated heterocycles. The minimum atomic E-state index is -0.0506. The number of hydrogen-bond acceptors (Lipinski definition) is 4. The quantitative estimate of drug-likeness (QED) is 0.778. The highest BCUT2D eigenvalue weighted by atomic mass is 16.4. The second kappa shape index (κ2) is 5.46. The van der Waals surface area contributed by atoms with Crippen molar-refractivity contribution >= 4 is 0 Å². The highest BCUT2D eigenvalue weighted by Gasteiger charge is 2.21. The third kappa shape index (κ3) is 3.32. The molecular weight excluding hydrogens is 204 g/mol. The minimum absolute atomic E-state index is 0.0506. The van der Waals surface area contributed by atoms with Crippen LogP contribution in [0.15, 0.2) is 4.42 Å². The van der Waals surface area contributed by atoms with Crippen molar-refractivity contribution in [2.24, 2.45) is 0 Å². The molecule has 0 amide bonds. The molecule has 92 valence electrons. The molecule has 1 aromatic rings. The maximum atomic E-state index is 9.00. The first-order valence-corrected chi connectivity index (χ1v) is 5.79. The standard InChI is InChI=1S/C12H22N2O2/c1-5-12(4,6-7-15)13-8-11-14-9(2)10(3)16-11/h13,15H,5-8H2,1-4H3. The summed E-state index contributed by atoms with van der Waals surface area (Å²) in [6, 6.07) is 0. The largest absolute Gasteiger partial charge is 0.444 e. The minimum Gasteiger partial charge on any atom is -0.444 e. The first-order chi connectivity index (χ1) is 7.50. The highest BCUT2D eigenvalue weighted by molar-refractivity contribution is 5.05. The van der Waals surface area contributed by atoms with Gasteiger partial charge in [-0.05, 0) is 33.6 Å². The second-order valence-electron chi connectivity index (χ2n) is 4.49. The van der Waals surface area contributed by atoms with Crippen LogP contribution in [0.4, 0.5) is 0 Å². The van der Waals surface area contributed by atoms with Gasteiger partial charge < -0.3 is 14.8 Å². The first kappa shape index (κ1) is 13.2. The summed E-state index contributed by atoms with van der Waals surface area (Å²) in [5.74, 6) is 1.59. The molecule has 0 fully saturated rings. The van der Waals surface area contributed by atoms with Crippen LogP contribution in [0.1, 0.15) is 44.0 Å². The second-order valence-corrected chi connectivity index (χ2v) is 4.49. The van der Waals surface area contributed by atoms with E-state index in [2.05, 4.69) is 24.1 Å². The van der Waals surface area contributed by atoms with Crippen LogP contribution < -0.4 is 5.32 Å². The summed E-state index contributed by atoms with van der Waals surface area (Å²) >= 11 is 0. The fourth-order valence-corrected chi connectivity index (χ4v) is 1.54. The number of aliphatic hydroxyl groups excluding tert-OH is 1. The first-order valence-electron chi connectivity index (χ1n) is 5.79. The smallest absolute Gasteiger partial charge is 0.208 e. The lowest BCUT2D eigenvalue weighted by atomic mass is 9.95. The van der Waals surface area contributed by atoms with Gasteiger partial charge in [0.25, 0.3) is 0 Å². The Kier molecular flexibility index (Phi) is 4.50. The average Bonchev–Trinajstić information content (AvgIpc) is 2.56. The zero-order valence-electron chi connectivity index (χ0n) is 10.6. The van der Waals surface area contributed by atoms with Crippen molar-refractivity contribution in [3.63, 3.8) is 0 Å². The molecule has 0 saturated carbocycles. The Hall–Kier alpha value is -0.870. The number of aromatic nitrogens is 1. The van der Waals surface area contributed by atoms with E-state index in [4.69, 9.17) is 9.52 Å². The van der Waals surface area contributed by atoms with Crippen molar-refractivity contribution in [1.82, 2.24) is 10.3 Å². The van der Waals surface area contributed by atoms with Gasteiger partial charge in [0.1, 0.15) is 5.76 Å². The number of aliphatic hydroxyl groups is 1. The van der Waals surface area contributed by atoms with Gasteiger partial charge in [0.2, 0.25) is 5.89 Å². The van der Waals surface area contributed by atoms with Gasteiger partial charge in [-0.1, -0.05) is 6.92 Å². The number of oxazole rings is 1. The lowest BCUT2D eigenvalue weighted by Crippen LogP contribution is -2.42. The maximum Gasteiger partial charge on any atom is 0.208 e. The molecule has 0 aliphatic carbocycles. The highest BCUT2D eigenvalue weighted by Crippen LogP contribution is 2.15. The summed E-state index contributed by atoms with van der Waals surface area (Å²) in [6.07, 6.45) is 1.70. The number of nitrogens with one attached hydrogen (secondary N) is 1. The van der Waals surface area contributed by atoms with Crippen LogP contribution in [0.25, 0.3) is 0 Å². The number of aryl methyl sites for hydroxylation is 2. The predicted molar refractivity (Wildman–Crippen MR) is 63.2 cm³/mol. The summed E-state index contributed by atoms with van der Waals surface area (Å²) in [5, 5.41) is 12.4. The van der Waals surface area contributed by atoms with Crippen molar-refractivity contribution in [1.29, 1.82) is 0 Å². The van der Waals surface area contributed by atoms with Crippen molar-refractivity contribution in [3.05, 3.63) is 17.3 Å². The van der Waals surface area contributed by atoms with E-state index in [1.165, 1.54) is 0 Å². The molecule has 4 heteroatoms. The van der Waals surface area contributed by atoms with E-state index in [1.54, 1.807) is 0 Å². The number of hydrogen-bond donors (Lipinski definition) is 2. The number of nitrogens with zero attached hydrogens (tertiary/aromatic N) is 1. The summed E-state index contributed by atoms with van der Waals surface area (Å²) in [5.41, 5.74) is 0.891. The molecule has 0 aliphatic rings. The third-order valence-corrected chi connectivity index (χ3v) is 3.18. The molecule has 0 aromatic carbocycles. The summed E-state index contributed by atoms with van der Waals surface area (Å²) in [6.45, 7) is 8.87. The maximum absolute atomic E-state index is 9.00. The molecule has 1 rings (SSSR count). The van der Waals surface area contributed by atoms with Crippen LogP contribution in [0.5, 0.6) is 0 Å². The molecule has 2 N–H and O–H groups in total. The van der Waals surface area contributed by atoms with Crippen LogP contribution in [-0.2, 0) is 6.54 Å². The van der Waals surface area contributed by atoms with Crippen molar-refractivity contribution < 1.29 is 9.52 Å². The molecular formula is C12H22N2O2. The molecule has 16 heavy (non-hydrogen) atoms. The van der Waals surface area contributed by atoms with Gasteiger partial charge in [0.05, 0.1) is 12.2 Å². The zero-order valence-corrected chi connectivity index (χ0v) is 10.6. The van der Waals surface area contributed by atoms with E-state index in [-0.39, 0.29) is 12.1 Å². The van der Waals surface area contributed by atoms with Gasteiger partial charge in [0.15, 0.2) is 0 Å². The predicted octanol–water partition coefficient (Wildman–Crippen LogP) is 1.93. The monoisotopic (exact) mass is 226 g/mol. The summed E-state index contributed by atoms with van der Waals surface area (Å²) < 4.78 is 5.50. The molecule has 0 aliphatic heterocycles. The zero-order chi connectivity index (χ0) is 12.2. The molecule has 1 atom stereocenters. The van der Waals surface area contributed by atoms with Gasteiger partial charge in [-0.25, -0.2) is 4.98 Å². The lowest BCUT2D eigenvalue weighted by Gasteiger charge is -2.28. The Morgan fingerprint density at radius 3 is 2.56 bits per heavy atom. The lowest BCUT2D eigenvalue weighted by molar-refractivity contribution is 0.210. The van der Waals surface area contributed by atoms with Gasteiger partial charge >= 0.3 is 0 Å². The third-order valence-electron chi connectivity index (χ3n) is 3.18. The van der Waals surface area contributed by atoms with E-state index in [1.807, 2.05) is 13.8 Å². The van der Waals surface area contributed by atoms with Crippen LogP contribution in [0.2, 0.25) is 0 Å². The molecule has 1 heterocycles. The van der Waals surface area contributed by atoms with Crippen LogP contribution in [0.3, 0.4) is 0 Å². The fraction of sp³-hybridized carbons (Fsp3) is 0.750. The van der Waals surface area contributed by atoms with E-state index in [0.29, 0.717) is 12.4 Å². The molecule has 1 aromatic heterocycles. The average molecular weight is 226 g/mol. The normalized spacial score (nSPS) is 15.1. The Labute approximate surface area is 97.1 Å². The Balaban J connectivity index is 2.55. The summed E-state index contributed by atoms with van der Waals surface area (Å²) in [7, 11) is 0. The Morgan fingerprint density at radius 1 is 1.44 bits per heavy atom. The molecule has 0 spiro atoms. The Bertz CT molecular complexity index is 316. The molecule has 0 bridgehead atoms. The van der Waals surface area contributed by atoms with Gasteiger partial charge in [-0.15, -0.1) is 0 Å². The topological polar surface area (TPSA) is 58.3 Å². The van der Waals surface area contributed by atoms with Crippen LogP contribution in [-0.4, -0.2) is 22.2 Å². The number of rotatable bonds is 6. The molecule has 0 radical (unpaired) electrons. The van der Waals surface area contributed by atoms with E-state index >= 15 is 0 Å². The van der Waals surface area contributed by atoms with E-state index in [0.717, 1.165) is 24.3 Å². The SMILES string of the molecule is CCC(C)(CCO)NCc1nc(C)c(C)o1. The van der Waals surface area contributed by atoms with Crippen molar-refractivity contribution in [2.45, 2.75) is 52.6 Å². The Morgan fingerprint density at radius 2 is 2.12 bits per heavy atom. The molecule has 4 nitrogen and oxygen atoms in total. The van der Waals surface area contributed by atoms with Crippen LogP contribution in [0, 0.1) is 13.8 Å². The summed E-state index contributed by atoms with van der Waals surface area (Å²) in [4.78, 5) is 4.32. The molecule has 1 unspecified atom stereocenters.